The van der Waals surface area contributed by atoms with E-state index in [-0.39, 0.29) is 25.7 Å². The van der Waals surface area contributed by atoms with Gasteiger partial charge in [0.05, 0.1) is 12.2 Å². The molecule has 1 heterocycles. The number of ether oxygens (including phenoxy) is 3. The van der Waals surface area contributed by atoms with Crippen LogP contribution in [0, 0.1) is 0 Å². The lowest BCUT2D eigenvalue weighted by Crippen LogP contribution is -2.57. The summed E-state index contributed by atoms with van der Waals surface area (Å²) in [5, 5.41) is -5.54. The third-order valence-corrected chi connectivity index (χ3v) is 4.62. The number of hydrogen-bond donors (Lipinski definition) is 1. The number of esters is 1. The molecule has 1 aliphatic carbocycles. The molecule has 12 heteroatoms. The highest BCUT2D eigenvalue weighted by Gasteiger charge is 2.73. The van der Waals surface area contributed by atoms with Crippen molar-refractivity contribution >= 4 is 16.1 Å². The van der Waals surface area contributed by atoms with Gasteiger partial charge in [-0.15, -0.1) is 0 Å². The fourth-order valence-electron chi connectivity index (χ4n) is 2.33. The minimum atomic E-state index is -6.42. The monoisotopic (exact) mass is 352 g/mol. The first-order valence-electron chi connectivity index (χ1n) is 6.13. The number of carbonyl (C=O) groups is 1. The quantitative estimate of drug-likeness (QED) is 0.458. The Bertz CT molecular complexity index is 548. The standard InChI is InChI=1S/C10H12F4O7S/c11-9(10(12,13)14,22(16,17)18)8(15)21-6-2-1-5-3-7(6)20-4-19-5/h5-7H,1-4H2,(H,16,17,18). The normalized spacial score (nSPS) is 32.1. The van der Waals surface area contributed by atoms with Crippen LogP contribution in [0.2, 0.25) is 0 Å². The summed E-state index contributed by atoms with van der Waals surface area (Å²) in [7, 11) is -6.42. The zero-order valence-corrected chi connectivity index (χ0v) is 11.7. The second-order valence-electron chi connectivity index (χ2n) is 4.94. The predicted molar refractivity (Wildman–Crippen MR) is 59.8 cm³/mol. The summed E-state index contributed by atoms with van der Waals surface area (Å²) >= 11 is 0. The van der Waals surface area contributed by atoms with Crippen LogP contribution in [-0.2, 0) is 29.1 Å². The molecule has 0 radical (unpaired) electrons. The minimum absolute atomic E-state index is 0.0144. The first-order valence-corrected chi connectivity index (χ1v) is 7.58. The van der Waals surface area contributed by atoms with Gasteiger partial charge in [-0.25, -0.2) is 9.18 Å². The molecule has 1 aliphatic heterocycles. The fourth-order valence-corrected chi connectivity index (χ4v) is 2.88. The van der Waals surface area contributed by atoms with Crippen LogP contribution in [0.25, 0.3) is 0 Å². The highest BCUT2D eigenvalue weighted by atomic mass is 32.2. The zero-order chi connectivity index (χ0) is 16.8. The van der Waals surface area contributed by atoms with Crippen LogP contribution >= 0.6 is 0 Å². The van der Waals surface area contributed by atoms with Crippen molar-refractivity contribution in [3.05, 3.63) is 0 Å². The summed E-state index contributed by atoms with van der Waals surface area (Å²) in [5.74, 6) is -2.74. The lowest BCUT2D eigenvalue weighted by Gasteiger charge is -2.39. The summed E-state index contributed by atoms with van der Waals surface area (Å²) in [6.45, 7) is -0.165. The first kappa shape index (κ1) is 17.4. The van der Waals surface area contributed by atoms with E-state index in [2.05, 4.69) is 4.74 Å². The van der Waals surface area contributed by atoms with Crippen LogP contribution in [0.3, 0.4) is 0 Å². The van der Waals surface area contributed by atoms with Gasteiger partial charge < -0.3 is 14.2 Å². The van der Waals surface area contributed by atoms with Crippen molar-refractivity contribution in [3.8, 4) is 0 Å². The molecule has 7 nitrogen and oxygen atoms in total. The third-order valence-electron chi connectivity index (χ3n) is 3.51. The number of halogens is 4. The Hall–Kier alpha value is -0.980. The van der Waals surface area contributed by atoms with E-state index in [0.29, 0.717) is 6.42 Å². The fraction of sp³-hybridized carbons (Fsp3) is 0.900. The van der Waals surface area contributed by atoms with Crippen molar-refractivity contribution in [2.45, 2.75) is 48.8 Å². The van der Waals surface area contributed by atoms with Gasteiger partial charge in [0.2, 0.25) is 0 Å². The number of fused-ring (bicyclic) bond motifs is 2. The number of alkyl halides is 4. The molecule has 1 saturated heterocycles. The van der Waals surface area contributed by atoms with Crippen molar-refractivity contribution < 1.29 is 49.5 Å². The van der Waals surface area contributed by atoms with Gasteiger partial charge >= 0.3 is 27.3 Å². The molecule has 4 atom stereocenters. The Morgan fingerprint density at radius 3 is 2.36 bits per heavy atom. The molecule has 0 amide bonds. The van der Waals surface area contributed by atoms with E-state index in [1.807, 2.05) is 0 Å². The second-order valence-corrected chi connectivity index (χ2v) is 6.45. The maximum absolute atomic E-state index is 13.8. The molecule has 0 aromatic heterocycles. The van der Waals surface area contributed by atoms with Gasteiger partial charge in [-0.2, -0.15) is 21.6 Å². The van der Waals surface area contributed by atoms with E-state index >= 15 is 0 Å². The Labute approximate surface area is 122 Å². The molecule has 1 saturated carbocycles. The van der Waals surface area contributed by atoms with E-state index in [0.717, 1.165) is 0 Å². The van der Waals surface area contributed by atoms with Gasteiger partial charge in [0, 0.05) is 6.42 Å². The van der Waals surface area contributed by atoms with Crippen LogP contribution in [0.4, 0.5) is 17.6 Å². The molecule has 2 fully saturated rings. The topological polar surface area (TPSA) is 99.1 Å². The van der Waals surface area contributed by atoms with Gasteiger partial charge in [-0.05, 0) is 12.8 Å². The van der Waals surface area contributed by atoms with E-state index in [4.69, 9.17) is 14.0 Å². The van der Waals surface area contributed by atoms with Crippen molar-refractivity contribution in [2.24, 2.45) is 0 Å². The molecule has 22 heavy (non-hydrogen) atoms. The lowest BCUT2D eigenvalue weighted by atomic mass is 9.91. The molecule has 1 N–H and O–H groups in total. The van der Waals surface area contributed by atoms with E-state index in [1.54, 1.807) is 0 Å². The van der Waals surface area contributed by atoms with E-state index < -0.39 is 39.5 Å². The smallest absolute Gasteiger partial charge is 0.451 e. The molecule has 0 aromatic rings. The molecule has 2 bridgehead atoms. The van der Waals surface area contributed by atoms with Gasteiger partial charge in [-0.1, -0.05) is 0 Å². The van der Waals surface area contributed by atoms with E-state index in [9.17, 15) is 30.8 Å². The zero-order valence-electron chi connectivity index (χ0n) is 10.9. The van der Waals surface area contributed by atoms with Crippen molar-refractivity contribution in [1.82, 2.24) is 0 Å². The van der Waals surface area contributed by atoms with Crippen molar-refractivity contribution in [2.75, 3.05) is 6.79 Å². The maximum atomic E-state index is 13.8. The third kappa shape index (κ3) is 2.92. The SMILES string of the molecule is O=C(OC1CCC2CC1OCO2)C(F)(C(F)(F)F)S(=O)(=O)O. The molecule has 0 aromatic carbocycles. The molecule has 128 valence electrons. The van der Waals surface area contributed by atoms with Crippen molar-refractivity contribution in [3.63, 3.8) is 0 Å². The predicted octanol–water partition coefficient (Wildman–Crippen LogP) is 0.940. The number of hydrogen-bond acceptors (Lipinski definition) is 6. The molecule has 4 unspecified atom stereocenters. The highest BCUT2D eigenvalue weighted by molar-refractivity contribution is 7.88. The number of rotatable bonds is 3. The van der Waals surface area contributed by atoms with Crippen LogP contribution < -0.4 is 0 Å². The average molecular weight is 352 g/mol. The lowest BCUT2D eigenvalue weighted by molar-refractivity contribution is -0.244. The van der Waals surface area contributed by atoms with Crippen LogP contribution in [0.5, 0.6) is 0 Å². The van der Waals surface area contributed by atoms with Crippen LogP contribution in [0.15, 0.2) is 0 Å². The summed E-state index contributed by atoms with van der Waals surface area (Å²) in [6, 6.07) is 0. The van der Waals surface area contributed by atoms with E-state index in [1.165, 1.54) is 0 Å². The number of carbonyl (C=O) groups excluding carboxylic acids is 1. The maximum Gasteiger partial charge on any atom is 0.451 e. The Balaban J connectivity index is 2.19. The Morgan fingerprint density at radius 2 is 1.82 bits per heavy atom. The van der Waals surface area contributed by atoms with Gasteiger partial charge in [0.25, 0.3) is 0 Å². The minimum Gasteiger partial charge on any atom is -0.456 e. The van der Waals surface area contributed by atoms with Crippen LogP contribution in [-0.4, -0.2) is 55.2 Å². The van der Waals surface area contributed by atoms with Gasteiger partial charge in [0.1, 0.15) is 12.9 Å². The van der Waals surface area contributed by atoms with Gasteiger partial charge in [-0.3, -0.25) is 4.55 Å². The highest BCUT2D eigenvalue weighted by Crippen LogP contribution is 2.40. The molecule has 2 aliphatic rings. The molecular formula is C10H12F4O7S. The summed E-state index contributed by atoms with van der Waals surface area (Å²) in [5.41, 5.74) is 0. The summed E-state index contributed by atoms with van der Waals surface area (Å²) < 4.78 is 95.9. The largest absolute Gasteiger partial charge is 0.456 e. The molecule has 2 rings (SSSR count). The molecule has 0 spiro atoms. The van der Waals surface area contributed by atoms with Crippen molar-refractivity contribution in [1.29, 1.82) is 0 Å². The average Bonchev–Trinajstić information content (AvgIpc) is 2.39. The molecular weight excluding hydrogens is 340 g/mol. The van der Waals surface area contributed by atoms with Crippen LogP contribution in [0.1, 0.15) is 19.3 Å². The Morgan fingerprint density at radius 1 is 1.18 bits per heavy atom. The first-order chi connectivity index (χ1) is 9.97. The Kier molecular flexibility index (Phi) is 4.41. The van der Waals surface area contributed by atoms with Gasteiger partial charge in [0.15, 0.2) is 0 Å². The summed E-state index contributed by atoms with van der Waals surface area (Å²) in [6.07, 6.45) is -7.93. The second kappa shape index (κ2) is 5.58. The summed E-state index contributed by atoms with van der Waals surface area (Å²) in [4.78, 5) is 11.4.